The molecular formula is C10H18N2O. The third-order valence-electron chi connectivity index (χ3n) is 1.93. The molecule has 3 heteroatoms. The Labute approximate surface area is 79.7 Å². The van der Waals surface area contributed by atoms with Crippen LogP contribution in [0.1, 0.15) is 26.5 Å². The summed E-state index contributed by atoms with van der Waals surface area (Å²) in [5, 5.41) is 4.46. The van der Waals surface area contributed by atoms with Gasteiger partial charge in [-0.05, 0) is 6.07 Å². The topological polar surface area (TPSA) is 27.1 Å². The molecule has 0 unspecified atom stereocenters. The average molecular weight is 182 g/mol. The van der Waals surface area contributed by atoms with Crippen molar-refractivity contribution in [1.29, 1.82) is 0 Å². The fourth-order valence-electron chi connectivity index (χ4n) is 1.07. The normalized spacial score (nSPS) is 12.0. The number of hydrogen-bond acceptors (Lipinski definition) is 2. The number of methoxy groups -OCH3 is 1. The lowest BCUT2D eigenvalue weighted by atomic mass is 9.93. The fraction of sp³-hybridized carbons (Fsp3) is 0.700. The molecule has 13 heavy (non-hydrogen) atoms. The van der Waals surface area contributed by atoms with Gasteiger partial charge < -0.3 is 4.74 Å². The van der Waals surface area contributed by atoms with E-state index in [4.69, 9.17) is 4.74 Å². The molecule has 0 saturated carbocycles. The van der Waals surface area contributed by atoms with E-state index in [0.717, 1.165) is 12.2 Å². The molecule has 0 aliphatic heterocycles. The molecule has 0 saturated heterocycles. The molecule has 0 N–H and O–H groups in total. The van der Waals surface area contributed by atoms with Crippen molar-refractivity contribution >= 4 is 0 Å². The van der Waals surface area contributed by atoms with Gasteiger partial charge >= 0.3 is 0 Å². The summed E-state index contributed by atoms with van der Waals surface area (Å²) in [5.74, 6) is 0. The lowest BCUT2D eigenvalue weighted by Crippen LogP contribution is -2.13. The molecule has 74 valence electrons. The molecule has 0 aliphatic rings. The summed E-state index contributed by atoms with van der Waals surface area (Å²) < 4.78 is 6.90. The highest BCUT2D eigenvalue weighted by Gasteiger charge is 2.16. The average Bonchev–Trinajstić information content (AvgIpc) is 2.47. The van der Waals surface area contributed by atoms with Crippen molar-refractivity contribution in [1.82, 2.24) is 9.78 Å². The molecule has 1 aromatic heterocycles. The van der Waals surface area contributed by atoms with Gasteiger partial charge in [0.2, 0.25) is 0 Å². The molecule has 0 amide bonds. The van der Waals surface area contributed by atoms with E-state index in [1.165, 1.54) is 0 Å². The van der Waals surface area contributed by atoms with Crippen molar-refractivity contribution in [2.75, 3.05) is 13.7 Å². The number of aromatic nitrogens is 2. The molecule has 0 bridgehead atoms. The van der Waals surface area contributed by atoms with Gasteiger partial charge in [-0.3, -0.25) is 4.68 Å². The molecule has 0 atom stereocenters. The summed E-state index contributed by atoms with van der Waals surface area (Å²) >= 11 is 0. The van der Waals surface area contributed by atoms with Crippen LogP contribution in [-0.2, 0) is 16.7 Å². The Balaban J connectivity index is 2.64. The SMILES string of the molecule is COCCn1ccc(C(C)(C)C)n1. The molecule has 1 heterocycles. The van der Waals surface area contributed by atoms with Crippen LogP contribution >= 0.6 is 0 Å². The standard InChI is InChI=1S/C10H18N2O/c1-10(2,3)9-5-6-12(11-9)7-8-13-4/h5-6H,7-8H2,1-4H3. The smallest absolute Gasteiger partial charge is 0.0677 e. The zero-order chi connectivity index (χ0) is 9.90. The van der Waals surface area contributed by atoms with Crippen molar-refractivity contribution in [3.05, 3.63) is 18.0 Å². The van der Waals surface area contributed by atoms with Gasteiger partial charge in [0.25, 0.3) is 0 Å². The second-order valence-corrected chi connectivity index (χ2v) is 4.21. The second-order valence-electron chi connectivity index (χ2n) is 4.21. The first-order valence-electron chi connectivity index (χ1n) is 4.57. The van der Waals surface area contributed by atoms with Gasteiger partial charge in [0, 0.05) is 18.7 Å². The van der Waals surface area contributed by atoms with Crippen LogP contribution in [0.3, 0.4) is 0 Å². The first-order chi connectivity index (χ1) is 6.04. The number of ether oxygens (including phenoxy) is 1. The summed E-state index contributed by atoms with van der Waals surface area (Å²) in [6.07, 6.45) is 2.00. The van der Waals surface area contributed by atoms with Crippen LogP contribution in [0, 0.1) is 0 Å². The largest absolute Gasteiger partial charge is 0.383 e. The highest BCUT2D eigenvalue weighted by molar-refractivity contribution is 5.10. The van der Waals surface area contributed by atoms with Gasteiger partial charge in [-0.25, -0.2) is 0 Å². The second kappa shape index (κ2) is 3.92. The third-order valence-corrected chi connectivity index (χ3v) is 1.93. The van der Waals surface area contributed by atoms with E-state index in [0.29, 0.717) is 6.61 Å². The molecule has 3 nitrogen and oxygen atoms in total. The van der Waals surface area contributed by atoms with Crippen LogP contribution in [0.4, 0.5) is 0 Å². The Morgan fingerprint density at radius 1 is 1.46 bits per heavy atom. The molecule has 0 aliphatic carbocycles. The van der Waals surface area contributed by atoms with E-state index in [-0.39, 0.29) is 5.41 Å². The lowest BCUT2D eigenvalue weighted by molar-refractivity contribution is 0.183. The predicted octanol–water partition coefficient (Wildman–Crippen LogP) is 1.83. The summed E-state index contributed by atoms with van der Waals surface area (Å²) in [6.45, 7) is 8.03. The Hall–Kier alpha value is -0.830. The van der Waals surface area contributed by atoms with Crippen LogP contribution < -0.4 is 0 Å². The number of rotatable bonds is 3. The van der Waals surface area contributed by atoms with Gasteiger partial charge in [-0.2, -0.15) is 5.10 Å². The highest BCUT2D eigenvalue weighted by atomic mass is 16.5. The zero-order valence-corrected chi connectivity index (χ0v) is 8.87. The predicted molar refractivity (Wildman–Crippen MR) is 52.8 cm³/mol. The Kier molecular flexibility index (Phi) is 3.09. The van der Waals surface area contributed by atoms with E-state index in [1.807, 2.05) is 10.9 Å². The van der Waals surface area contributed by atoms with E-state index in [9.17, 15) is 0 Å². The van der Waals surface area contributed by atoms with Crippen molar-refractivity contribution in [3.8, 4) is 0 Å². The maximum absolute atomic E-state index is 4.98. The zero-order valence-electron chi connectivity index (χ0n) is 8.87. The molecule has 0 aromatic carbocycles. The number of nitrogens with zero attached hydrogens (tertiary/aromatic N) is 2. The van der Waals surface area contributed by atoms with Crippen LogP contribution in [0.15, 0.2) is 12.3 Å². The van der Waals surface area contributed by atoms with Gasteiger partial charge in [0.15, 0.2) is 0 Å². The van der Waals surface area contributed by atoms with E-state index < -0.39 is 0 Å². The van der Waals surface area contributed by atoms with Gasteiger partial charge in [-0.1, -0.05) is 20.8 Å². The van der Waals surface area contributed by atoms with E-state index in [2.05, 4.69) is 31.9 Å². The number of hydrogen-bond donors (Lipinski definition) is 0. The van der Waals surface area contributed by atoms with E-state index in [1.54, 1.807) is 7.11 Å². The summed E-state index contributed by atoms with van der Waals surface area (Å²) in [5.41, 5.74) is 1.27. The first kappa shape index (κ1) is 10.3. The lowest BCUT2D eigenvalue weighted by Gasteiger charge is -2.14. The Morgan fingerprint density at radius 3 is 2.62 bits per heavy atom. The van der Waals surface area contributed by atoms with Crippen LogP contribution in [-0.4, -0.2) is 23.5 Å². The summed E-state index contributed by atoms with van der Waals surface area (Å²) in [7, 11) is 1.70. The van der Waals surface area contributed by atoms with Crippen molar-refractivity contribution in [2.24, 2.45) is 0 Å². The molecule has 1 rings (SSSR count). The maximum Gasteiger partial charge on any atom is 0.0677 e. The molecule has 0 fully saturated rings. The quantitative estimate of drug-likeness (QED) is 0.713. The maximum atomic E-state index is 4.98. The van der Waals surface area contributed by atoms with Crippen molar-refractivity contribution in [3.63, 3.8) is 0 Å². The monoisotopic (exact) mass is 182 g/mol. The van der Waals surface area contributed by atoms with E-state index >= 15 is 0 Å². The minimum Gasteiger partial charge on any atom is -0.383 e. The van der Waals surface area contributed by atoms with Crippen LogP contribution in [0.25, 0.3) is 0 Å². The molecule has 1 aromatic rings. The summed E-state index contributed by atoms with van der Waals surface area (Å²) in [4.78, 5) is 0. The molecule has 0 radical (unpaired) electrons. The van der Waals surface area contributed by atoms with Crippen LogP contribution in [0.2, 0.25) is 0 Å². The summed E-state index contributed by atoms with van der Waals surface area (Å²) in [6, 6.07) is 2.07. The highest BCUT2D eigenvalue weighted by Crippen LogP contribution is 2.19. The first-order valence-corrected chi connectivity index (χ1v) is 4.57. The van der Waals surface area contributed by atoms with Crippen molar-refractivity contribution < 1.29 is 4.74 Å². The molecular weight excluding hydrogens is 164 g/mol. The molecule has 0 spiro atoms. The third kappa shape index (κ3) is 2.84. The Bertz CT molecular complexity index is 260. The minimum absolute atomic E-state index is 0.137. The van der Waals surface area contributed by atoms with Gasteiger partial charge in [0.05, 0.1) is 18.8 Å². The van der Waals surface area contributed by atoms with Crippen LogP contribution in [0.5, 0.6) is 0 Å². The Morgan fingerprint density at radius 2 is 2.15 bits per heavy atom. The van der Waals surface area contributed by atoms with Crippen molar-refractivity contribution in [2.45, 2.75) is 32.7 Å². The van der Waals surface area contributed by atoms with Gasteiger partial charge in [0.1, 0.15) is 0 Å². The van der Waals surface area contributed by atoms with Gasteiger partial charge in [-0.15, -0.1) is 0 Å². The minimum atomic E-state index is 0.137. The fourth-order valence-corrected chi connectivity index (χ4v) is 1.07.